The second kappa shape index (κ2) is 2.89. The lowest BCUT2D eigenvalue weighted by atomic mass is 10.1. The van der Waals surface area contributed by atoms with Gasteiger partial charge in [0.2, 0.25) is 0 Å². The van der Waals surface area contributed by atoms with Gasteiger partial charge in [-0.15, -0.1) is 5.10 Å². The average Bonchev–Trinajstić information content (AvgIpc) is 2.97. The van der Waals surface area contributed by atoms with E-state index in [1.54, 1.807) is 6.92 Å². The number of hydrogen-bond donors (Lipinski definition) is 0. The van der Waals surface area contributed by atoms with Crippen LogP contribution in [0.5, 0.6) is 0 Å². The van der Waals surface area contributed by atoms with Gasteiger partial charge in [-0.05, 0) is 31.9 Å². The van der Waals surface area contributed by atoms with Crippen LogP contribution in [0.15, 0.2) is 18.2 Å². The van der Waals surface area contributed by atoms with E-state index in [1.807, 2.05) is 22.9 Å². The fourth-order valence-corrected chi connectivity index (χ4v) is 1.85. The van der Waals surface area contributed by atoms with Crippen LogP contribution in [-0.4, -0.2) is 20.8 Å². The van der Waals surface area contributed by atoms with E-state index >= 15 is 0 Å². The highest BCUT2D eigenvalue weighted by atomic mass is 16.1. The molecule has 0 radical (unpaired) electrons. The van der Waals surface area contributed by atoms with Crippen molar-refractivity contribution in [3.8, 4) is 0 Å². The maximum Gasteiger partial charge on any atom is 0.162 e. The van der Waals surface area contributed by atoms with Crippen LogP contribution in [0, 0.1) is 0 Å². The molecule has 2 aromatic rings. The molecular weight excluding hydrogens is 190 g/mol. The molecule has 1 aliphatic carbocycles. The summed E-state index contributed by atoms with van der Waals surface area (Å²) in [4.78, 5) is 11.5. The lowest BCUT2D eigenvalue weighted by Gasteiger charge is -2.02. The Hall–Kier alpha value is -1.71. The molecule has 0 N–H and O–H groups in total. The molecule has 4 heteroatoms. The van der Waals surface area contributed by atoms with Gasteiger partial charge >= 0.3 is 0 Å². The number of ketones is 1. The van der Waals surface area contributed by atoms with Crippen molar-refractivity contribution in [3.63, 3.8) is 0 Å². The third-order valence-electron chi connectivity index (χ3n) is 2.76. The van der Waals surface area contributed by atoms with E-state index in [9.17, 15) is 4.79 Å². The van der Waals surface area contributed by atoms with Crippen molar-refractivity contribution in [2.24, 2.45) is 0 Å². The molecule has 1 fully saturated rings. The van der Waals surface area contributed by atoms with E-state index in [0.717, 1.165) is 29.4 Å². The SMILES string of the molecule is CC(=O)c1cccc2nnn(C3CC3)c12. The lowest BCUT2D eigenvalue weighted by Crippen LogP contribution is -2.01. The van der Waals surface area contributed by atoms with Crippen molar-refractivity contribution in [1.29, 1.82) is 0 Å². The molecule has 0 spiro atoms. The molecule has 1 saturated carbocycles. The summed E-state index contributed by atoms with van der Waals surface area (Å²) in [6.45, 7) is 1.58. The fourth-order valence-electron chi connectivity index (χ4n) is 1.85. The summed E-state index contributed by atoms with van der Waals surface area (Å²) in [6.07, 6.45) is 2.29. The fraction of sp³-hybridized carbons (Fsp3) is 0.364. The van der Waals surface area contributed by atoms with Gasteiger partial charge in [0.15, 0.2) is 5.78 Å². The van der Waals surface area contributed by atoms with Crippen molar-refractivity contribution in [1.82, 2.24) is 15.0 Å². The minimum absolute atomic E-state index is 0.0739. The molecule has 0 saturated heterocycles. The van der Waals surface area contributed by atoms with E-state index in [-0.39, 0.29) is 5.78 Å². The Morgan fingerprint density at radius 3 is 2.93 bits per heavy atom. The van der Waals surface area contributed by atoms with E-state index in [4.69, 9.17) is 0 Å². The van der Waals surface area contributed by atoms with Crippen molar-refractivity contribution < 1.29 is 4.79 Å². The van der Waals surface area contributed by atoms with Gasteiger partial charge in [-0.2, -0.15) is 0 Å². The van der Waals surface area contributed by atoms with Gasteiger partial charge in [0.25, 0.3) is 0 Å². The predicted octanol–water partition coefficient (Wildman–Crippen LogP) is 1.97. The molecule has 0 unspecified atom stereocenters. The van der Waals surface area contributed by atoms with Gasteiger partial charge in [-0.1, -0.05) is 11.3 Å². The smallest absolute Gasteiger partial charge is 0.162 e. The van der Waals surface area contributed by atoms with E-state index < -0.39 is 0 Å². The number of carbonyl (C=O) groups excluding carboxylic acids is 1. The number of benzene rings is 1. The zero-order chi connectivity index (χ0) is 10.4. The van der Waals surface area contributed by atoms with Crippen molar-refractivity contribution in [2.75, 3.05) is 0 Å². The monoisotopic (exact) mass is 201 g/mol. The number of hydrogen-bond acceptors (Lipinski definition) is 3. The van der Waals surface area contributed by atoms with Crippen LogP contribution in [0.1, 0.15) is 36.2 Å². The van der Waals surface area contributed by atoms with E-state index in [0.29, 0.717) is 6.04 Å². The Morgan fingerprint density at radius 1 is 1.47 bits per heavy atom. The van der Waals surface area contributed by atoms with E-state index in [2.05, 4.69) is 10.3 Å². The maximum absolute atomic E-state index is 11.5. The van der Waals surface area contributed by atoms with Gasteiger partial charge in [0.05, 0.1) is 11.6 Å². The summed E-state index contributed by atoms with van der Waals surface area (Å²) in [6, 6.07) is 6.04. The van der Waals surface area contributed by atoms with Crippen LogP contribution in [0.3, 0.4) is 0 Å². The number of carbonyl (C=O) groups is 1. The minimum Gasteiger partial charge on any atom is -0.294 e. The molecule has 4 nitrogen and oxygen atoms in total. The van der Waals surface area contributed by atoms with Gasteiger partial charge in [0, 0.05) is 5.56 Å². The van der Waals surface area contributed by atoms with Crippen LogP contribution in [0.4, 0.5) is 0 Å². The number of nitrogens with zero attached hydrogens (tertiary/aromatic N) is 3. The number of rotatable bonds is 2. The Kier molecular flexibility index (Phi) is 1.65. The summed E-state index contributed by atoms with van der Waals surface area (Å²) < 4.78 is 1.89. The minimum atomic E-state index is 0.0739. The van der Waals surface area contributed by atoms with Crippen LogP contribution < -0.4 is 0 Å². The molecule has 0 aliphatic heterocycles. The third-order valence-corrected chi connectivity index (χ3v) is 2.76. The van der Waals surface area contributed by atoms with Crippen molar-refractivity contribution in [3.05, 3.63) is 23.8 Å². The van der Waals surface area contributed by atoms with Crippen LogP contribution >= 0.6 is 0 Å². The zero-order valence-electron chi connectivity index (χ0n) is 8.47. The first-order chi connectivity index (χ1) is 7.27. The van der Waals surface area contributed by atoms with Crippen molar-refractivity contribution in [2.45, 2.75) is 25.8 Å². The Balaban J connectivity index is 2.33. The number of fused-ring (bicyclic) bond motifs is 1. The largest absolute Gasteiger partial charge is 0.294 e. The summed E-state index contributed by atoms with van der Waals surface area (Å²) in [5.74, 6) is 0.0739. The normalized spacial score (nSPS) is 15.8. The van der Waals surface area contributed by atoms with Gasteiger partial charge in [0.1, 0.15) is 5.52 Å². The zero-order valence-corrected chi connectivity index (χ0v) is 8.47. The summed E-state index contributed by atoms with van der Waals surface area (Å²) in [7, 11) is 0. The first-order valence-electron chi connectivity index (χ1n) is 5.12. The average molecular weight is 201 g/mol. The summed E-state index contributed by atoms with van der Waals surface area (Å²) in [5, 5.41) is 8.20. The van der Waals surface area contributed by atoms with E-state index in [1.165, 1.54) is 0 Å². The Labute approximate surface area is 86.9 Å². The number of Topliss-reactive ketones (excluding diaryl/α,β-unsaturated/α-hetero) is 1. The lowest BCUT2D eigenvalue weighted by molar-refractivity contribution is 0.101. The van der Waals surface area contributed by atoms with Crippen LogP contribution in [-0.2, 0) is 0 Å². The van der Waals surface area contributed by atoms with Crippen molar-refractivity contribution >= 4 is 16.8 Å². The van der Waals surface area contributed by atoms with Gasteiger partial charge in [-0.25, -0.2) is 4.68 Å². The molecule has 76 valence electrons. The molecule has 1 aromatic heterocycles. The molecule has 15 heavy (non-hydrogen) atoms. The second-order valence-electron chi connectivity index (χ2n) is 3.99. The highest BCUT2D eigenvalue weighted by Gasteiger charge is 2.27. The number of para-hydroxylation sites is 1. The summed E-state index contributed by atoms with van der Waals surface area (Å²) >= 11 is 0. The first-order valence-corrected chi connectivity index (χ1v) is 5.12. The highest BCUT2D eigenvalue weighted by molar-refractivity contribution is 6.04. The Morgan fingerprint density at radius 2 is 2.27 bits per heavy atom. The van der Waals surface area contributed by atoms with Gasteiger partial charge < -0.3 is 0 Å². The quantitative estimate of drug-likeness (QED) is 0.698. The molecule has 1 aliphatic rings. The molecule has 1 heterocycles. The molecule has 0 amide bonds. The summed E-state index contributed by atoms with van der Waals surface area (Å²) in [5.41, 5.74) is 2.44. The number of aromatic nitrogens is 3. The highest BCUT2D eigenvalue weighted by Crippen LogP contribution is 2.36. The maximum atomic E-state index is 11.5. The standard InChI is InChI=1S/C11H11N3O/c1-7(15)9-3-2-4-10-11(9)14(13-12-10)8-5-6-8/h2-4,8H,5-6H2,1H3. The van der Waals surface area contributed by atoms with Crippen LogP contribution in [0.25, 0.3) is 11.0 Å². The second-order valence-corrected chi connectivity index (χ2v) is 3.99. The predicted molar refractivity (Wildman–Crippen MR) is 55.8 cm³/mol. The topological polar surface area (TPSA) is 47.8 Å². The van der Waals surface area contributed by atoms with Gasteiger partial charge in [-0.3, -0.25) is 4.79 Å². The first kappa shape index (κ1) is 8.59. The molecule has 0 bridgehead atoms. The molecule has 1 aromatic carbocycles. The van der Waals surface area contributed by atoms with Crippen LogP contribution in [0.2, 0.25) is 0 Å². The molecular formula is C11H11N3O. The Bertz CT molecular complexity index is 540. The molecule has 0 atom stereocenters. The third kappa shape index (κ3) is 1.25. The molecule has 3 rings (SSSR count).